The molecule has 1 unspecified atom stereocenters. The summed E-state index contributed by atoms with van der Waals surface area (Å²) in [5.41, 5.74) is 0. The van der Waals surface area contributed by atoms with Gasteiger partial charge in [0.1, 0.15) is 6.61 Å². The maximum absolute atomic E-state index is 10.5. The number of unbranched alkanes of at least 4 members (excludes halogenated alkanes) is 7. The summed E-state index contributed by atoms with van der Waals surface area (Å²) >= 11 is 0. The number of hydrogen-bond acceptors (Lipinski definition) is 3. The van der Waals surface area contributed by atoms with Crippen molar-refractivity contribution in [2.24, 2.45) is 0 Å². The molecule has 0 amide bonds. The zero-order valence-electron chi connectivity index (χ0n) is 13.4. The number of carbonyl (C=O) groups is 1. The van der Waals surface area contributed by atoms with Crippen molar-refractivity contribution in [2.45, 2.75) is 77.7 Å². The summed E-state index contributed by atoms with van der Waals surface area (Å²) in [6.45, 7) is 3.74. The first kappa shape index (κ1) is 20.7. The van der Waals surface area contributed by atoms with Crippen LogP contribution in [0.25, 0.3) is 0 Å². The van der Waals surface area contributed by atoms with Crippen LogP contribution in [0.2, 0.25) is 0 Å². The Labute approximate surface area is 135 Å². The molecule has 0 spiro atoms. The minimum absolute atomic E-state index is 0. The van der Waals surface area contributed by atoms with Gasteiger partial charge in [0.05, 0.1) is 6.10 Å². The fourth-order valence-electron chi connectivity index (χ4n) is 1.81. The molecular weight excluding hydrogens is 239 g/mol. The van der Waals surface area contributed by atoms with Crippen LogP contribution in [0.1, 0.15) is 73.1 Å². The van der Waals surface area contributed by atoms with Crippen LogP contribution in [0, 0.1) is 0 Å². The third kappa shape index (κ3) is 16.4. The molecule has 1 atom stereocenters. The van der Waals surface area contributed by atoms with E-state index in [0.717, 1.165) is 12.8 Å². The van der Waals surface area contributed by atoms with Gasteiger partial charge in [-0.25, -0.2) is 0 Å². The van der Waals surface area contributed by atoms with Crippen molar-refractivity contribution in [3.8, 4) is 0 Å². The first-order valence-electron chi connectivity index (χ1n) is 6.98. The van der Waals surface area contributed by atoms with E-state index in [2.05, 4.69) is 6.92 Å². The second-order valence-electron chi connectivity index (χ2n) is 4.72. The van der Waals surface area contributed by atoms with Crippen LogP contribution in [0.3, 0.4) is 0 Å². The molecule has 3 nitrogen and oxygen atoms in total. The van der Waals surface area contributed by atoms with Crippen molar-refractivity contribution in [1.29, 1.82) is 0 Å². The summed E-state index contributed by atoms with van der Waals surface area (Å²) in [6, 6.07) is 0. The van der Waals surface area contributed by atoms with Crippen LogP contribution in [-0.4, -0.2) is 23.8 Å². The third-order valence-electron chi connectivity index (χ3n) is 2.87. The molecule has 0 radical (unpaired) electrons. The molecule has 0 saturated carbocycles. The predicted octanol–water partition coefficient (Wildman–Crippen LogP) is 0.558. The van der Waals surface area contributed by atoms with Gasteiger partial charge in [-0.2, -0.15) is 0 Å². The molecule has 18 heavy (non-hydrogen) atoms. The largest absolute Gasteiger partial charge is 1.00 e. The van der Waals surface area contributed by atoms with Gasteiger partial charge in [0.15, 0.2) is 0 Å². The van der Waals surface area contributed by atoms with Crippen molar-refractivity contribution in [3.63, 3.8) is 0 Å². The predicted molar refractivity (Wildman–Crippen MR) is 71.0 cm³/mol. The van der Waals surface area contributed by atoms with Crippen LogP contribution < -0.4 is 29.6 Å². The van der Waals surface area contributed by atoms with Crippen molar-refractivity contribution in [2.75, 3.05) is 6.61 Å². The molecule has 0 aliphatic rings. The van der Waals surface area contributed by atoms with Crippen LogP contribution >= 0.6 is 0 Å². The van der Waals surface area contributed by atoms with Gasteiger partial charge in [-0.1, -0.05) is 58.3 Å². The standard InChI is InChI=1S/C14H28O3.Na.H/c1-3-4-5-6-7-8-9-10-11-14(16)12-17-13(2)15;;/h14,16H,3-12H2,1-2H3;;/q;+1;-1. The van der Waals surface area contributed by atoms with E-state index in [1.807, 2.05) is 0 Å². The molecule has 0 fully saturated rings. The van der Waals surface area contributed by atoms with Crippen molar-refractivity contribution in [3.05, 3.63) is 0 Å². The van der Waals surface area contributed by atoms with Crippen LogP contribution in [0.15, 0.2) is 0 Å². The number of esters is 1. The molecule has 4 heteroatoms. The average Bonchev–Trinajstić information content (AvgIpc) is 2.30. The van der Waals surface area contributed by atoms with E-state index >= 15 is 0 Å². The minimum Gasteiger partial charge on any atom is -1.00 e. The van der Waals surface area contributed by atoms with Gasteiger partial charge in [-0.15, -0.1) is 0 Å². The summed E-state index contributed by atoms with van der Waals surface area (Å²) in [5.74, 6) is -0.319. The number of aliphatic hydroxyl groups is 1. The molecule has 0 heterocycles. The molecule has 0 aliphatic heterocycles. The van der Waals surface area contributed by atoms with Crippen molar-refractivity contribution >= 4 is 5.97 Å². The van der Waals surface area contributed by atoms with Gasteiger partial charge in [-0.05, 0) is 6.42 Å². The molecule has 0 rings (SSSR count). The SMILES string of the molecule is CCCCCCCCCCC(O)COC(C)=O.[H-].[Na+]. The summed E-state index contributed by atoms with van der Waals surface area (Å²) in [4.78, 5) is 10.5. The third-order valence-corrected chi connectivity index (χ3v) is 2.87. The van der Waals surface area contributed by atoms with Gasteiger partial charge in [-0.3, -0.25) is 4.79 Å². The van der Waals surface area contributed by atoms with E-state index in [1.54, 1.807) is 0 Å². The van der Waals surface area contributed by atoms with E-state index in [4.69, 9.17) is 4.74 Å². The van der Waals surface area contributed by atoms with Gasteiger partial charge in [0, 0.05) is 6.92 Å². The zero-order chi connectivity index (χ0) is 12.9. The average molecular weight is 268 g/mol. The molecule has 104 valence electrons. The summed E-state index contributed by atoms with van der Waals surface area (Å²) in [6.07, 6.45) is 10.3. The van der Waals surface area contributed by atoms with Gasteiger partial charge < -0.3 is 11.3 Å². The van der Waals surface area contributed by atoms with E-state index in [1.165, 1.54) is 51.9 Å². The monoisotopic (exact) mass is 268 g/mol. The first-order chi connectivity index (χ1) is 8.16. The van der Waals surface area contributed by atoms with Crippen molar-refractivity contribution in [1.82, 2.24) is 0 Å². The quantitative estimate of drug-likeness (QED) is 0.338. The molecule has 0 saturated heterocycles. The smallest absolute Gasteiger partial charge is 1.00 e. The second kappa shape index (κ2) is 15.5. The molecular formula is C14H29NaO3. The molecule has 0 bridgehead atoms. The Morgan fingerprint density at radius 3 is 2.11 bits per heavy atom. The van der Waals surface area contributed by atoms with Gasteiger partial charge >= 0.3 is 35.5 Å². The van der Waals surface area contributed by atoms with Gasteiger partial charge in [0.25, 0.3) is 0 Å². The zero-order valence-corrected chi connectivity index (χ0v) is 14.4. The van der Waals surface area contributed by atoms with Crippen molar-refractivity contribution < 1.29 is 45.6 Å². The molecule has 1 N–H and O–H groups in total. The Morgan fingerprint density at radius 1 is 1.11 bits per heavy atom. The Balaban J connectivity index is -0.00000128. The van der Waals surface area contributed by atoms with Crippen LogP contribution in [0.4, 0.5) is 0 Å². The number of hydrogen-bond donors (Lipinski definition) is 1. The van der Waals surface area contributed by atoms with Gasteiger partial charge in [0.2, 0.25) is 0 Å². The molecule has 0 aromatic rings. The minimum atomic E-state index is -0.487. The van der Waals surface area contributed by atoms with E-state index in [0.29, 0.717) is 0 Å². The molecule has 0 aliphatic carbocycles. The first-order valence-corrected chi connectivity index (χ1v) is 6.98. The van der Waals surface area contributed by atoms with E-state index < -0.39 is 6.10 Å². The second-order valence-corrected chi connectivity index (χ2v) is 4.72. The van der Waals surface area contributed by atoms with E-state index in [9.17, 15) is 9.90 Å². The Morgan fingerprint density at radius 2 is 1.61 bits per heavy atom. The Hall–Kier alpha value is 0.430. The maximum Gasteiger partial charge on any atom is 1.00 e. The number of carbonyl (C=O) groups excluding carboxylic acids is 1. The summed E-state index contributed by atoms with van der Waals surface area (Å²) in [7, 11) is 0. The molecule has 0 aromatic carbocycles. The Kier molecular flexibility index (Phi) is 17.8. The van der Waals surface area contributed by atoms with Crippen LogP contribution in [0.5, 0.6) is 0 Å². The normalized spacial score (nSPS) is 11.7. The Bertz CT molecular complexity index is 192. The van der Waals surface area contributed by atoms with Crippen LogP contribution in [-0.2, 0) is 9.53 Å². The topological polar surface area (TPSA) is 46.5 Å². The summed E-state index contributed by atoms with van der Waals surface area (Å²) in [5, 5.41) is 9.49. The fraction of sp³-hybridized carbons (Fsp3) is 0.929. The molecule has 0 aromatic heterocycles. The number of aliphatic hydroxyl groups excluding tert-OH is 1. The fourth-order valence-corrected chi connectivity index (χ4v) is 1.81. The van der Waals surface area contributed by atoms with E-state index in [-0.39, 0.29) is 43.6 Å². The summed E-state index contributed by atoms with van der Waals surface area (Å²) < 4.78 is 4.74. The number of ether oxygens (including phenoxy) is 1. The number of rotatable bonds is 11. The maximum atomic E-state index is 10.5.